The van der Waals surface area contributed by atoms with Gasteiger partial charge in [-0.15, -0.1) is 0 Å². The van der Waals surface area contributed by atoms with E-state index in [4.69, 9.17) is 4.74 Å². The van der Waals surface area contributed by atoms with Gasteiger partial charge < -0.3 is 4.74 Å². The van der Waals surface area contributed by atoms with E-state index in [2.05, 4.69) is 31.4 Å². The van der Waals surface area contributed by atoms with Crippen molar-refractivity contribution in [1.82, 2.24) is 0 Å². The molecule has 0 N–H and O–H groups in total. The molecule has 1 saturated carbocycles. The molecule has 0 bridgehead atoms. The summed E-state index contributed by atoms with van der Waals surface area (Å²) in [5.74, 6) is 0.598. The molecule has 0 aromatic heterocycles. The van der Waals surface area contributed by atoms with Gasteiger partial charge in [0.2, 0.25) is 0 Å². The fraction of sp³-hybridized carbons (Fsp3) is 0.727. The number of hydrogen-bond donors (Lipinski definition) is 0. The van der Waals surface area contributed by atoms with Crippen molar-refractivity contribution in [2.45, 2.75) is 33.0 Å². The van der Waals surface area contributed by atoms with Crippen LogP contribution in [0.15, 0.2) is 11.8 Å². The summed E-state index contributed by atoms with van der Waals surface area (Å²) in [6.45, 7) is 9.24. The molecule has 80 valence electrons. The maximum absolute atomic E-state index is 11.3. The summed E-state index contributed by atoms with van der Waals surface area (Å²) in [6.07, 6.45) is 3.20. The Balaban J connectivity index is 2.33. The van der Waals surface area contributed by atoms with Gasteiger partial charge in [-0.3, -0.25) is 4.79 Å². The van der Waals surface area contributed by atoms with Gasteiger partial charge in [-0.1, -0.05) is 31.4 Å². The molecule has 2 nitrogen and oxygen atoms in total. The zero-order valence-electron chi connectivity index (χ0n) is 9.54. The lowest BCUT2D eigenvalue weighted by molar-refractivity contribution is -0.144. The van der Waals surface area contributed by atoms with Gasteiger partial charge in [0, 0.05) is 0 Å². The molecule has 0 amide bonds. The molecule has 1 aliphatic carbocycles. The van der Waals surface area contributed by atoms with Crippen molar-refractivity contribution in [3.05, 3.63) is 11.8 Å². The van der Waals surface area contributed by atoms with Crippen LogP contribution in [0.1, 0.15) is 13.3 Å². The normalized spacial score (nSPS) is 26.6. The quantitative estimate of drug-likeness (QED) is 0.529. The monoisotopic (exact) mass is 212 g/mol. The third kappa shape index (κ3) is 3.66. The molecule has 0 aromatic carbocycles. The Bertz CT molecular complexity index is 240. The highest BCUT2D eigenvalue weighted by Crippen LogP contribution is 2.40. The smallest absolute Gasteiger partial charge is 0.309 e. The molecule has 0 unspecified atom stereocenters. The first-order valence-corrected chi connectivity index (χ1v) is 8.88. The molecule has 0 spiro atoms. The summed E-state index contributed by atoms with van der Waals surface area (Å²) in [5.41, 5.74) is 2.32. The van der Waals surface area contributed by atoms with Crippen molar-refractivity contribution in [1.29, 1.82) is 0 Å². The summed E-state index contributed by atoms with van der Waals surface area (Å²) in [7, 11) is -1.10. The lowest BCUT2D eigenvalue weighted by Crippen LogP contribution is -2.15. The second kappa shape index (κ2) is 4.30. The van der Waals surface area contributed by atoms with Crippen molar-refractivity contribution in [3.8, 4) is 0 Å². The molecule has 0 saturated heterocycles. The number of carbonyl (C=O) groups is 1. The van der Waals surface area contributed by atoms with E-state index in [0.717, 1.165) is 6.42 Å². The zero-order valence-corrected chi connectivity index (χ0v) is 10.5. The molecule has 0 aliphatic heterocycles. The Morgan fingerprint density at radius 2 is 2.14 bits per heavy atom. The van der Waals surface area contributed by atoms with Crippen LogP contribution < -0.4 is 0 Å². The summed E-state index contributed by atoms with van der Waals surface area (Å²) in [6, 6.07) is 0. The third-order valence-corrected chi connectivity index (χ3v) is 3.47. The molecule has 0 aromatic rings. The van der Waals surface area contributed by atoms with Crippen molar-refractivity contribution in [3.63, 3.8) is 0 Å². The molecular weight excluding hydrogens is 192 g/mol. The van der Waals surface area contributed by atoms with Crippen LogP contribution in [0.2, 0.25) is 19.6 Å². The van der Waals surface area contributed by atoms with Crippen LogP contribution in [0.3, 0.4) is 0 Å². The number of allylic oxidation sites excluding steroid dienone is 1. The topological polar surface area (TPSA) is 26.3 Å². The first-order chi connectivity index (χ1) is 6.44. The van der Waals surface area contributed by atoms with Crippen LogP contribution >= 0.6 is 0 Å². The largest absolute Gasteiger partial charge is 0.466 e. The van der Waals surface area contributed by atoms with Crippen molar-refractivity contribution in [2.24, 2.45) is 11.8 Å². The molecule has 0 radical (unpaired) electrons. The van der Waals surface area contributed by atoms with Gasteiger partial charge in [0.1, 0.15) is 0 Å². The molecule has 1 fully saturated rings. The lowest BCUT2D eigenvalue weighted by atomic mass is 10.3. The average molecular weight is 212 g/mol. The Morgan fingerprint density at radius 1 is 1.50 bits per heavy atom. The van der Waals surface area contributed by atoms with E-state index in [-0.39, 0.29) is 11.9 Å². The fourth-order valence-corrected chi connectivity index (χ4v) is 2.18. The van der Waals surface area contributed by atoms with Crippen molar-refractivity contribution >= 4 is 14.0 Å². The first kappa shape index (κ1) is 11.5. The van der Waals surface area contributed by atoms with E-state index in [9.17, 15) is 4.79 Å². The SMILES string of the molecule is CCOC(=O)[C@@H]1C[C@@H]1/C=C/[Si](C)(C)C. The zero-order chi connectivity index (χ0) is 10.8. The summed E-state index contributed by atoms with van der Waals surface area (Å²) >= 11 is 0. The number of ether oxygens (including phenoxy) is 1. The Kier molecular flexibility index (Phi) is 3.53. The highest BCUT2D eigenvalue weighted by atomic mass is 28.3. The lowest BCUT2D eigenvalue weighted by Gasteiger charge is -2.07. The van der Waals surface area contributed by atoms with E-state index >= 15 is 0 Å². The maximum Gasteiger partial charge on any atom is 0.309 e. The predicted molar refractivity (Wildman–Crippen MR) is 60.7 cm³/mol. The van der Waals surface area contributed by atoms with Crippen LogP contribution in [-0.2, 0) is 9.53 Å². The molecular formula is C11H20O2Si. The number of rotatable bonds is 4. The Hall–Kier alpha value is -0.573. The van der Waals surface area contributed by atoms with Gasteiger partial charge in [-0.25, -0.2) is 0 Å². The van der Waals surface area contributed by atoms with E-state index in [0.29, 0.717) is 12.5 Å². The van der Waals surface area contributed by atoms with Gasteiger partial charge >= 0.3 is 5.97 Å². The number of hydrogen-bond acceptors (Lipinski definition) is 2. The Morgan fingerprint density at radius 3 is 2.64 bits per heavy atom. The van der Waals surface area contributed by atoms with Crippen LogP contribution in [0.5, 0.6) is 0 Å². The molecule has 0 heterocycles. The number of esters is 1. The van der Waals surface area contributed by atoms with Gasteiger partial charge in [0.05, 0.1) is 20.6 Å². The van der Waals surface area contributed by atoms with E-state index in [1.165, 1.54) is 0 Å². The van der Waals surface area contributed by atoms with E-state index < -0.39 is 8.07 Å². The second-order valence-electron chi connectivity index (χ2n) is 4.98. The van der Waals surface area contributed by atoms with Crippen molar-refractivity contribution in [2.75, 3.05) is 6.61 Å². The summed E-state index contributed by atoms with van der Waals surface area (Å²) in [4.78, 5) is 11.3. The minimum absolute atomic E-state index is 0.0160. The van der Waals surface area contributed by atoms with Crippen LogP contribution in [0.4, 0.5) is 0 Å². The Labute approximate surface area is 87.3 Å². The fourth-order valence-electron chi connectivity index (χ4n) is 1.36. The standard InChI is InChI=1S/C11H20O2Si/c1-5-13-11(12)10-8-9(10)6-7-14(2,3)4/h6-7,9-10H,5,8H2,1-4H3/b7-6+/t9-,10+/m0/s1. The number of carbonyl (C=O) groups excluding carboxylic acids is 1. The van der Waals surface area contributed by atoms with E-state index in [1.807, 2.05) is 6.92 Å². The predicted octanol–water partition coefficient (Wildman–Crippen LogP) is 2.62. The van der Waals surface area contributed by atoms with Crippen LogP contribution in [0.25, 0.3) is 0 Å². The van der Waals surface area contributed by atoms with Gasteiger partial charge in [-0.05, 0) is 19.3 Å². The van der Waals surface area contributed by atoms with Gasteiger partial charge in [-0.2, -0.15) is 0 Å². The van der Waals surface area contributed by atoms with Crippen LogP contribution in [0, 0.1) is 11.8 Å². The van der Waals surface area contributed by atoms with Crippen molar-refractivity contribution < 1.29 is 9.53 Å². The summed E-state index contributed by atoms with van der Waals surface area (Å²) < 4.78 is 4.97. The highest BCUT2D eigenvalue weighted by Gasteiger charge is 2.42. The average Bonchev–Trinajstić information content (AvgIpc) is 2.78. The molecule has 1 aliphatic rings. The molecule has 1 rings (SSSR count). The van der Waals surface area contributed by atoms with Gasteiger partial charge in [0.15, 0.2) is 0 Å². The summed E-state index contributed by atoms with van der Waals surface area (Å²) in [5, 5.41) is 0. The van der Waals surface area contributed by atoms with Gasteiger partial charge in [0.25, 0.3) is 0 Å². The molecule has 2 atom stereocenters. The molecule has 14 heavy (non-hydrogen) atoms. The second-order valence-corrected chi connectivity index (χ2v) is 10.0. The maximum atomic E-state index is 11.3. The first-order valence-electron chi connectivity index (χ1n) is 5.30. The highest BCUT2D eigenvalue weighted by molar-refractivity contribution is 6.80. The minimum atomic E-state index is -1.10. The van der Waals surface area contributed by atoms with Crippen LogP contribution in [-0.4, -0.2) is 20.7 Å². The third-order valence-electron chi connectivity index (χ3n) is 2.27. The van der Waals surface area contributed by atoms with E-state index in [1.54, 1.807) is 0 Å². The minimum Gasteiger partial charge on any atom is -0.466 e. The molecule has 3 heteroatoms.